The van der Waals surface area contributed by atoms with Crippen LogP contribution < -0.4 is 4.74 Å². The van der Waals surface area contributed by atoms with E-state index in [0.29, 0.717) is 5.75 Å². The van der Waals surface area contributed by atoms with Gasteiger partial charge in [-0.25, -0.2) is 8.42 Å². The van der Waals surface area contributed by atoms with Gasteiger partial charge in [-0.2, -0.15) is 22.0 Å². The minimum atomic E-state index is -6.09. The molecule has 1 heterocycles. The van der Waals surface area contributed by atoms with Gasteiger partial charge in [-0.15, -0.1) is 0 Å². The summed E-state index contributed by atoms with van der Waals surface area (Å²) in [4.78, 5) is 3.95. The molecule has 15 heteroatoms. The van der Waals surface area contributed by atoms with Crippen molar-refractivity contribution in [2.75, 3.05) is 25.4 Å². The van der Waals surface area contributed by atoms with Crippen molar-refractivity contribution >= 4 is 58.2 Å². The number of hydrogen-bond donors (Lipinski definition) is 1. The molecule has 0 aromatic heterocycles. The summed E-state index contributed by atoms with van der Waals surface area (Å²) in [5.74, 6) is 1.71. The zero-order valence-electron chi connectivity index (χ0n) is 44.4. The van der Waals surface area contributed by atoms with E-state index in [2.05, 4.69) is 144 Å². The number of unbranched alkanes of at least 4 members (excludes halogenated alkanes) is 6. The second-order valence-corrected chi connectivity index (χ2v) is 22.4. The first kappa shape index (κ1) is 65.8. The highest BCUT2D eigenvalue weighted by Gasteiger charge is 2.37. The number of phenols is 1. The molecule has 0 saturated heterocycles. The minimum Gasteiger partial charge on any atom is -0.741 e. The van der Waals surface area contributed by atoms with Gasteiger partial charge >= 0.3 is 11.6 Å². The first-order valence-corrected chi connectivity index (χ1v) is 30.1. The number of aromatic hydroxyl groups is 1. The summed E-state index contributed by atoms with van der Waals surface area (Å²) in [6.45, 7) is 14.6. The number of nitrogens with zero attached hydrogens (tertiary/aromatic N) is 1. The van der Waals surface area contributed by atoms with E-state index in [1.807, 2.05) is 11.4 Å². The van der Waals surface area contributed by atoms with Crippen molar-refractivity contribution < 1.29 is 44.8 Å². The Morgan fingerprint density at radius 2 is 0.934 bits per heavy atom. The second-order valence-electron chi connectivity index (χ2n) is 18.0. The summed E-state index contributed by atoms with van der Waals surface area (Å²) in [5.41, 5.74) is 2.99. The number of benzene rings is 6. The maximum Gasteiger partial charge on any atom is 0.485 e. The Labute approximate surface area is 470 Å². The maximum atomic E-state index is 14.5. The molecular weight excluding hydrogens is 1150 g/mol. The molecule has 1 N–H and O–H groups in total. The molecule has 414 valence electrons. The second kappa shape index (κ2) is 35.1. The van der Waals surface area contributed by atoms with Crippen LogP contribution in [0.25, 0.3) is 22.3 Å². The Hall–Kier alpha value is -4.51. The smallest absolute Gasteiger partial charge is 0.485 e. The fraction of sp³-hybridized carbons (Fsp3) is 0.393. The summed E-state index contributed by atoms with van der Waals surface area (Å²) in [7, 11) is -6.09. The van der Waals surface area contributed by atoms with Crippen LogP contribution in [0.15, 0.2) is 155 Å². The van der Waals surface area contributed by atoms with Crippen molar-refractivity contribution in [1.29, 1.82) is 0 Å². The zero-order valence-corrected chi connectivity index (χ0v) is 49.2. The largest absolute Gasteiger partial charge is 0.741 e. The number of hydrogen-bond acceptors (Lipinski definition) is 6. The van der Waals surface area contributed by atoms with E-state index in [1.165, 1.54) is 155 Å². The molecule has 0 bridgehead atoms. The first-order valence-electron chi connectivity index (χ1n) is 26.1. The Kier molecular flexibility index (Phi) is 30.4. The number of aryl methyl sites for hydroxylation is 2. The molecule has 0 radical (unpaired) electrons. The molecule has 6 aromatic carbocycles. The SMILES string of the molecule is CCCCCCc1ccc(-c2ccc(C(F)(F)Oc3ccc(Br)cc3)cc2)cc1.CCCCCCc1ccc(-c2ccc(C3=[S+]CCCC3)cc2)cc1.CCN(CC)CC.O=S(=O)([O-])C(F)(F)F.Oc1ccc(Br)cc1. The lowest BCUT2D eigenvalue weighted by Crippen LogP contribution is -2.21. The molecule has 1 aliphatic rings. The van der Waals surface area contributed by atoms with Gasteiger partial charge in [0.15, 0.2) is 27.2 Å². The minimum absolute atomic E-state index is 0.122. The van der Waals surface area contributed by atoms with E-state index < -0.39 is 21.7 Å². The summed E-state index contributed by atoms with van der Waals surface area (Å²) in [6.07, 6.45) is 13.2. The summed E-state index contributed by atoms with van der Waals surface area (Å²) < 4.78 is 94.5. The van der Waals surface area contributed by atoms with E-state index in [-0.39, 0.29) is 11.3 Å². The third-order valence-electron chi connectivity index (χ3n) is 12.2. The Bertz CT molecular complexity index is 2620. The summed E-state index contributed by atoms with van der Waals surface area (Å²) in [5, 5.41) is 8.74. The van der Waals surface area contributed by atoms with Gasteiger partial charge < -0.3 is 19.3 Å². The van der Waals surface area contributed by atoms with E-state index in [4.69, 9.17) is 22.8 Å². The number of alkyl halides is 5. The molecule has 6 nitrogen and oxygen atoms in total. The van der Waals surface area contributed by atoms with E-state index >= 15 is 0 Å². The molecule has 6 aromatic rings. The van der Waals surface area contributed by atoms with Gasteiger partial charge in [0.1, 0.15) is 11.5 Å². The summed E-state index contributed by atoms with van der Waals surface area (Å²) >= 11 is 8.56. The molecule has 0 aliphatic carbocycles. The standard InChI is InChI=1S/C25H25BrF2O.C23H29S.C6H5BrO.C6H15N.CHF3O3S/c1-2-3-4-5-6-19-7-9-20(10-8-19)21-11-13-22(14-12-21)25(27,28)29-24-17-15-23(26)16-18-24;1-2-3-4-5-8-19-10-12-20(13-11-19)21-14-16-22(17-15-21)23-9-6-7-18-24-23;7-5-1-3-6(8)4-2-5;1-4-7(5-2)6-3;2-1(3,4)8(5,6)7/h7-18H,2-6H2,1H3;10-17H,2-9,18H2,1H3;1-4,8H;4-6H2,1-3H3;(H,5,6,7)/q;+1;;;/p-1. The van der Waals surface area contributed by atoms with Gasteiger partial charge in [0, 0.05) is 27.4 Å². The third kappa shape index (κ3) is 25.3. The van der Waals surface area contributed by atoms with E-state index in [1.54, 1.807) is 53.4 Å². The molecule has 0 atom stereocenters. The molecule has 0 unspecified atom stereocenters. The Balaban J connectivity index is 0.000000286. The normalized spacial score (nSPS) is 12.3. The van der Waals surface area contributed by atoms with Crippen molar-refractivity contribution in [3.63, 3.8) is 0 Å². The van der Waals surface area contributed by atoms with Crippen LogP contribution in [-0.2, 0) is 40.4 Å². The highest BCUT2D eigenvalue weighted by molar-refractivity contribution is 9.10. The van der Waals surface area contributed by atoms with Crippen molar-refractivity contribution in [1.82, 2.24) is 4.90 Å². The fourth-order valence-electron chi connectivity index (χ4n) is 7.65. The highest BCUT2D eigenvalue weighted by Crippen LogP contribution is 2.34. The molecule has 0 fully saturated rings. The van der Waals surface area contributed by atoms with Gasteiger partial charge in [-0.3, -0.25) is 0 Å². The van der Waals surface area contributed by atoms with Gasteiger partial charge in [0.25, 0.3) is 0 Å². The van der Waals surface area contributed by atoms with Crippen molar-refractivity contribution in [2.45, 2.75) is 130 Å². The van der Waals surface area contributed by atoms with Crippen LogP contribution in [0.2, 0.25) is 0 Å². The quantitative estimate of drug-likeness (QED) is 0.0217. The molecular formula is C61H74Br2F5NO5S2. The van der Waals surface area contributed by atoms with Crippen LogP contribution in [0.1, 0.15) is 128 Å². The van der Waals surface area contributed by atoms with Crippen molar-refractivity contribution in [2.24, 2.45) is 0 Å². The fourth-order valence-corrected chi connectivity index (χ4v) is 9.36. The van der Waals surface area contributed by atoms with Crippen LogP contribution >= 0.6 is 31.9 Å². The number of rotatable bonds is 19. The van der Waals surface area contributed by atoms with Gasteiger partial charge in [-0.1, -0.05) is 178 Å². The predicted molar refractivity (Wildman–Crippen MR) is 313 cm³/mol. The van der Waals surface area contributed by atoms with E-state index in [9.17, 15) is 22.0 Å². The van der Waals surface area contributed by atoms with Crippen molar-refractivity contribution in [3.05, 3.63) is 177 Å². The molecule has 1 aliphatic heterocycles. The average Bonchev–Trinajstić information content (AvgIpc) is 3.42. The lowest BCUT2D eigenvalue weighted by atomic mass is 9.99. The van der Waals surface area contributed by atoms with Crippen LogP contribution in [-0.4, -0.2) is 58.7 Å². The van der Waals surface area contributed by atoms with Crippen LogP contribution in [0.3, 0.4) is 0 Å². The molecule has 0 amide bonds. The van der Waals surface area contributed by atoms with Gasteiger partial charge in [0.2, 0.25) is 4.86 Å². The lowest BCUT2D eigenvalue weighted by molar-refractivity contribution is -0.185. The average molecular weight is 1220 g/mol. The van der Waals surface area contributed by atoms with E-state index in [0.717, 1.165) is 26.5 Å². The monoisotopic (exact) mass is 1220 g/mol. The number of ether oxygens (including phenoxy) is 1. The van der Waals surface area contributed by atoms with Crippen LogP contribution in [0.4, 0.5) is 22.0 Å². The van der Waals surface area contributed by atoms with Crippen molar-refractivity contribution in [3.8, 4) is 33.8 Å². The van der Waals surface area contributed by atoms with Gasteiger partial charge in [0.05, 0.1) is 5.56 Å². The molecule has 0 saturated carbocycles. The topological polar surface area (TPSA) is 89.9 Å². The predicted octanol–water partition coefficient (Wildman–Crippen LogP) is 18.2. The maximum absolute atomic E-state index is 14.5. The number of halogens is 7. The zero-order chi connectivity index (χ0) is 56.0. The first-order chi connectivity index (χ1) is 36.2. The Morgan fingerprint density at radius 1 is 0.553 bits per heavy atom. The molecule has 7 rings (SSSR count). The van der Waals surface area contributed by atoms with Crippen LogP contribution in [0.5, 0.6) is 11.5 Å². The number of phenolic OH excluding ortho intramolecular Hbond substituents is 1. The lowest BCUT2D eigenvalue weighted by Gasteiger charge is -2.18. The Morgan fingerprint density at radius 3 is 1.28 bits per heavy atom. The molecule has 76 heavy (non-hydrogen) atoms. The van der Waals surface area contributed by atoms with Crippen LogP contribution in [0, 0.1) is 0 Å². The van der Waals surface area contributed by atoms with Gasteiger partial charge in [-0.05, 0) is 158 Å². The highest BCUT2D eigenvalue weighted by atomic mass is 79.9. The third-order valence-corrected chi connectivity index (χ3v) is 15.1. The summed E-state index contributed by atoms with van der Waals surface area (Å²) in [6, 6.07) is 46.2. The molecule has 0 spiro atoms.